The van der Waals surface area contributed by atoms with Gasteiger partial charge in [-0.2, -0.15) is 0 Å². The number of cyclic esters (lactones) is 1. The molecule has 0 saturated carbocycles. The van der Waals surface area contributed by atoms with Gasteiger partial charge in [-0.15, -0.1) is 0 Å². The van der Waals surface area contributed by atoms with Crippen molar-refractivity contribution < 1.29 is 19.4 Å². The van der Waals surface area contributed by atoms with Crippen molar-refractivity contribution in [2.24, 2.45) is 0 Å². The Balaban J connectivity index is 2.10. The first-order chi connectivity index (χ1) is 9.69. The first-order valence-electron chi connectivity index (χ1n) is 6.90. The van der Waals surface area contributed by atoms with Crippen LogP contribution in [0.4, 0.5) is 4.79 Å². The van der Waals surface area contributed by atoms with Crippen LogP contribution in [0, 0.1) is 0 Å². The van der Waals surface area contributed by atoms with Crippen molar-refractivity contribution in [3.63, 3.8) is 0 Å². The number of rotatable bonds is 6. The van der Waals surface area contributed by atoms with Crippen molar-refractivity contribution >= 4 is 6.09 Å². The summed E-state index contributed by atoms with van der Waals surface area (Å²) < 4.78 is 10.3. The van der Waals surface area contributed by atoms with Gasteiger partial charge in [0.2, 0.25) is 0 Å². The maximum absolute atomic E-state index is 11.9. The first kappa shape index (κ1) is 14.7. The summed E-state index contributed by atoms with van der Waals surface area (Å²) in [5.41, 5.74) is 1.02. The average molecular weight is 279 g/mol. The second kappa shape index (κ2) is 6.61. The maximum atomic E-state index is 11.9. The van der Waals surface area contributed by atoms with Crippen molar-refractivity contribution in [3.8, 4) is 5.75 Å². The van der Waals surface area contributed by atoms with Gasteiger partial charge in [-0.1, -0.05) is 25.5 Å². The number of ether oxygens (including phenoxy) is 2. The molecule has 0 spiro atoms. The summed E-state index contributed by atoms with van der Waals surface area (Å²) in [4.78, 5) is 13.6. The Hall–Kier alpha value is -1.75. The van der Waals surface area contributed by atoms with Crippen LogP contribution in [-0.2, 0) is 11.3 Å². The van der Waals surface area contributed by atoms with Crippen LogP contribution >= 0.6 is 0 Å². The molecule has 1 aliphatic heterocycles. The van der Waals surface area contributed by atoms with E-state index < -0.39 is 6.10 Å². The van der Waals surface area contributed by atoms with Crippen LogP contribution in [0.2, 0.25) is 0 Å². The fraction of sp³-hybridized carbons (Fsp3) is 0.533. The van der Waals surface area contributed by atoms with E-state index in [1.54, 1.807) is 12.0 Å². The molecular formula is C15H21NO4. The molecule has 0 aliphatic carbocycles. The lowest BCUT2D eigenvalue weighted by Crippen LogP contribution is -2.37. The van der Waals surface area contributed by atoms with Crippen molar-refractivity contribution in [1.82, 2.24) is 4.90 Å². The molecule has 1 amide bonds. The third-order valence-electron chi connectivity index (χ3n) is 3.59. The van der Waals surface area contributed by atoms with Gasteiger partial charge in [-0.05, 0) is 24.1 Å². The second-order valence-electron chi connectivity index (χ2n) is 4.94. The monoisotopic (exact) mass is 279 g/mol. The SMILES string of the molecule is CCC[C@@H]1[C@H](CO)OC(=O)N1Cc1ccc(OC)cc1. The van der Waals surface area contributed by atoms with Crippen LogP contribution in [-0.4, -0.2) is 42.0 Å². The number of methoxy groups -OCH3 is 1. The van der Waals surface area contributed by atoms with E-state index in [2.05, 4.69) is 6.92 Å². The Morgan fingerprint density at radius 3 is 2.60 bits per heavy atom. The minimum absolute atomic E-state index is 0.0559. The number of amides is 1. The summed E-state index contributed by atoms with van der Waals surface area (Å²) in [6.07, 6.45) is 1.00. The third-order valence-corrected chi connectivity index (χ3v) is 3.59. The molecule has 5 nitrogen and oxygen atoms in total. The number of carbonyl (C=O) groups excluding carboxylic acids is 1. The lowest BCUT2D eigenvalue weighted by Gasteiger charge is -2.23. The van der Waals surface area contributed by atoms with Crippen LogP contribution < -0.4 is 4.74 Å². The van der Waals surface area contributed by atoms with Gasteiger partial charge < -0.3 is 14.6 Å². The van der Waals surface area contributed by atoms with Gasteiger partial charge in [-0.25, -0.2) is 4.79 Å². The first-order valence-corrected chi connectivity index (χ1v) is 6.90. The smallest absolute Gasteiger partial charge is 0.410 e. The zero-order valence-electron chi connectivity index (χ0n) is 11.9. The number of aliphatic hydroxyl groups is 1. The summed E-state index contributed by atoms with van der Waals surface area (Å²) in [5, 5.41) is 9.31. The third kappa shape index (κ3) is 3.04. The molecule has 0 aromatic heterocycles. The molecule has 1 aliphatic rings. The topological polar surface area (TPSA) is 59.0 Å². The minimum Gasteiger partial charge on any atom is -0.497 e. The van der Waals surface area contributed by atoms with Gasteiger partial charge >= 0.3 is 6.09 Å². The predicted octanol–water partition coefficient (Wildman–Crippen LogP) is 2.18. The molecule has 1 saturated heterocycles. The molecule has 2 atom stereocenters. The molecule has 2 rings (SSSR count). The van der Waals surface area contributed by atoms with Gasteiger partial charge in [0.05, 0.1) is 19.8 Å². The molecule has 1 N–H and O–H groups in total. The van der Waals surface area contributed by atoms with Gasteiger partial charge in [0, 0.05) is 6.54 Å². The molecule has 110 valence electrons. The molecule has 20 heavy (non-hydrogen) atoms. The maximum Gasteiger partial charge on any atom is 0.410 e. The average Bonchev–Trinajstić information content (AvgIpc) is 2.77. The minimum atomic E-state index is -0.416. The summed E-state index contributed by atoms with van der Waals surface area (Å²) in [7, 11) is 1.62. The number of carbonyl (C=O) groups is 1. The Labute approximate surface area is 119 Å². The summed E-state index contributed by atoms with van der Waals surface area (Å²) in [5.74, 6) is 0.788. The number of benzene rings is 1. The van der Waals surface area contributed by atoms with E-state index in [1.807, 2.05) is 24.3 Å². The Morgan fingerprint density at radius 2 is 2.05 bits per heavy atom. The van der Waals surface area contributed by atoms with Gasteiger partial charge in [-0.3, -0.25) is 4.90 Å². The van der Waals surface area contributed by atoms with E-state index in [1.165, 1.54) is 0 Å². The lowest BCUT2D eigenvalue weighted by molar-refractivity contribution is 0.0811. The van der Waals surface area contributed by atoms with Crippen LogP contribution in [0.25, 0.3) is 0 Å². The highest BCUT2D eigenvalue weighted by Crippen LogP contribution is 2.25. The van der Waals surface area contributed by atoms with E-state index in [-0.39, 0.29) is 18.7 Å². The number of hydrogen-bond donors (Lipinski definition) is 1. The van der Waals surface area contributed by atoms with E-state index in [4.69, 9.17) is 9.47 Å². The highest BCUT2D eigenvalue weighted by atomic mass is 16.6. The Bertz CT molecular complexity index is 446. The normalized spacial score (nSPS) is 21.9. The van der Waals surface area contributed by atoms with Crippen LogP contribution in [0.15, 0.2) is 24.3 Å². The zero-order valence-corrected chi connectivity index (χ0v) is 11.9. The molecule has 0 radical (unpaired) electrons. The number of hydrogen-bond acceptors (Lipinski definition) is 4. The fourth-order valence-corrected chi connectivity index (χ4v) is 2.52. The second-order valence-corrected chi connectivity index (χ2v) is 4.94. The van der Waals surface area contributed by atoms with Crippen LogP contribution in [0.1, 0.15) is 25.3 Å². The molecule has 1 aromatic rings. The highest BCUT2D eigenvalue weighted by Gasteiger charge is 2.40. The Kier molecular flexibility index (Phi) is 4.84. The summed E-state index contributed by atoms with van der Waals surface area (Å²) in [6, 6.07) is 7.55. The van der Waals surface area contributed by atoms with Gasteiger partial charge in [0.15, 0.2) is 0 Å². The van der Waals surface area contributed by atoms with Crippen molar-refractivity contribution in [3.05, 3.63) is 29.8 Å². The summed E-state index contributed by atoms with van der Waals surface area (Å²) in [6.45, 7) is 2.42. The van der Waals surface area contributed by atoms with E-state index in [0.717, 1.165) is 24.2 Å². The largest absolute Gasteiger partial charge is 0.497 e. The lowest BCUT2D eigenvalue weighted by atomic mass is 10.0. The molecule has 1 fully saturated rings. The molecule has 0 bridgehead atoms. The Morgan fingerprint density at radius 1 is 1.35 bits per heavy atom. The zero-order chi connectivity index (χ0) is 14.5. The molecule has 1 aromatic carbocycles. The van der Waals surface area contributed by atoms with E-state index >= 15 is 0 Å². The van der Waals surface area contributed by atoms with E-state index in [9.17, 15) is 9.90 Å². The quantitative estimate of drug-likeness (QED) is 0.867. The standard InChI is InChI=1S/C15H21NO4/c1-3-4-13-14(10-17)20-15(18)16(13)9-11-5-7-12(19-2)8-6-11/h5-8,13-14,17H,3-4,9-10H2,1-2H3/t13-,14+/m1/s1. The molecule has 5 heteroatoms. The molecule has 1 heterocycles. The molecular weight excluding hydrogens is 258 g/mol. The molecule has 0 unspecified atom stereocenters. The number of nitrogens with zero attached hydrogens (tertiary/aromatic N) is 1. The van der Waals surface area contributed by atoms with Crippen molar-refractivity contribution in [2.45, 2.75) is 38.5 Å². The van der Waals surface area contributed by atoms with Gasteiger partial charge in [0.1, 0.15) is 11.9 Å². The summed E-state index contributed by atoms with van der Waals surface area (Å²) >= 11 is 0. The van der Waals surface area contributed by atoms with Crippen LogP contribution in [0.3, 0.4) is 0 Å². The van der Waals surface area contributed by atoms with Crippen molar-refractivity contribution in [1.29, 1.82) is 0 Å². The van der Waals surface area contributed by atoms with Crippen LogP contribution in [0.5, 0.6) is 5.75 Å². The van der Waals surface area contributed by atoms with E-state index in [0.29, 0.717) is 6.54 Å². The predicted molar refractivity (Wildman–Crippen MR) is 74.6 cm³/mol. The number of aliphatic hydroxyl groups excluding tert-OH is 1. The van der Waals surface area contributed by atoms with Crippen molar-refractivity contribution in [2.75, 3.05) is 13.7 Å². The fourth-order valence-electron chi connectivity index (χ4n) is 2.52. The van der Waals surface area contributed by atoms with Gasteiger partial charge in [0.25, 0.3) is 0 Å². The highest BCUT2D eigenvalue weighted by molar-refractivity contribution is 5.70.